The van der Waals surface area contributed by atoms with Crippen LogP contribution in [0.15, 0.2) is 0 Å². The quantitative estimate of drug-likeness (QED) is 0.864. The Morgan fingerprint density at radius 2 is 1.68 bits per heavy atom. The van der Waals surface area contributed by atoms with E-state index in [9.17, 15) is 0 Å². The van der Waals surface area contributed by atoms with Crippen LogP contribution in [0.5, 0.6) is 0 Å². The molecular formula is C14H28Cl2N2O. The standard InChI is InChI=1S/C14H26N2O.2ClH/c1-2-10-16(13-6-8-15-9-7-13)14(3-1)17-11-12-4-5-12;;/h12-15H,1-11H2;2*1H. The number of nitrogens with zero attached hydrogens (tertiary/aromatic N) is 1. The zero-order chi connectivity index (χ0) is 11.5. The summed E-state index contributed by atoms with van der Waals surface area (Å²) in [5, 5.41) is 3.46. The zero-order valence-electron chi connectivity index (χ0n) is 11.7. The first-order valence-electron chi connectivity index (χ1n) is 7.51. The largest absolute Gasteiger partial charge is 0.363 e. The van der Waals surface area contributed by atoms with Crippen molar-refractivity contribution in [2.45, 2.75) is 57.2 Å². The molecule has 2 aliphatic heterocycles. The van der Waals surface area contributed by atoms with Crippen molar-refractivity contribution in [2.75, 3.05) is 26.2 Å². The number of piperidine rings is 2. The van der Waals surface area contributed by atoms with Gasteiger partial charge in [0.2, 0.25) is 0 Å². The van der Waals surface area contributed by atoms with Gasteiger partial charge in [0, 0.05) is 12.6 Å². The van der Waals surface area contributed by atoms with E-state index in [-0.39, 0.29) is 24.8 Å². The second-order valence-electron chi connectivity index (χ2n) is 5.95. The summed E-state index contributed by atoms with van der Waals surface area (Å²) in [6, 6.07) is 0.778. The molecule has 0 amide bonds. The molecule has 1 saturated carbocycles. The number of hydrogen-bond acceptors (Lipinski definition) is 3. The summed E-state index contributed by atoms with van der Waals surface area (Å²) in [4.78, 5) is 2.67. The summed E-state index contributed by atoms with van der Waals surface area (Å²) in [7, 11) is 0. The monoisotopic (exact) mass is 310 g/mol. The average molecular weight is 311 g/mol. The van der Waals surface area contributed by atoms with Crippen LogP contribution in [0.2, 0.25) is 0 Å². The molecule has 0 bridgehead atoms. The molecule has 2 saturated heterocycles. The zero-order valence-corrected chi connectivity index (χ0v) is 13.3. The predicted molar refractivity (Wildman–Crippen MR) is 83.4 cm³/mol. The van der Waals surface area contributed by atoms with E-state index in [1.54, 1.807) is 0 Å². The van der Waals surface area contributed by atoms with Crippen molar-refractivity contribution in [1.82, 2.24) is 10.2 Å². The van der Waals surface area contributed by atoms with Crippen molar-refractivity contribution in [3.8, 4) is 0 Å². The number of nitrogens with one attached hydrogen (secondary N) is 1. The van der Waals surface area contributed by atoms with Gasteiger partial charge in [-0.2, -0.15) is 0 Å². The van der Waals surface area contributed by atoms with Crippen molar-refractivity contribution in [2.24, 2.45) is 5.92 Å². The Morgan fingerprint density at radius 3 is 2.37 bits per heavy atom. The van der Waals surface area contributed by atoms with Gasteiger partial charge in [0.05, 0.1) is 6.61 Å². The molecule has 3 aliphatic rings. The third kappa shape index (κ3) is 5.05. The van der Waals surface area contributed by atoms with Crippen LogP contribution in [0.1, 0.15) is 44.9 Å². The molecule has 0 aromatic rings. The lowest BCUT2D eigenvalue weighted by atomic mass is 10.00. The third-order valence-corrected chi connectivity index (χ3v) is 4.49. The Kier molecular flexibility index (Phi) is 8.00. The first-order valence-corrected chi connectivity index (χ1v) is 7.51. The lowest BCUT2D eigenvalue weighted by Crippen LogP contribution is -2.51. The van der Waals surface area contributed by atoms with Crippen molar-refractivity contribution in [3.05, 3.63) is 0 Å². The number of likely N-dealkylation sites (tertiary alicyclic amines) is 1. The maximum Gasteiger partial charge on any atom is 0.110 e. The predicted octanol–water partition coefficient (Wildman–Crippen LogP) is 2.82. The van der Waals surface area contributed by atoms with Gasteiger partial charge in [0.1, 0.15) is 6.23 Å². The molecule has 0 aromatic heterocycles. The molecule has 114 valence electrons. The second kappa shape index (κ2) is 8.68. The van der Waals surface area contributed by atoms with Crippen LogP contribution < -0.4 is 5.32 Å². The van der Waals surface area contributed by atoms with Gasteiger partial charge in [-0.25, -0.2) is 0 Å². The molecule has 0 spiro atoms. The Balaban J connectivity index is 0.000000902. The van der Waals surface area contributed by atoms with Gasteiger partial charge in [-0.1, -0.05) is 0 Å². The van der Waals surface area contributed by atoms with Crippen LogP contribution in [0, 0.1) is 5.92 Å². The van der Waals surface area contributed by atoms with Crippen LogP contribution in [-0.4, -0.2) is 43.4 Å². The van der Waals surface area contributed by atoms with Crippen LogP contribution in [-0.2, 0) is 4.74 Å². The molecule has 0 aromatic carbocycles. The van der Waals surface area contributed by atoms with E-state index >= 15 is 0 Å². The van der Waals surface area contributed by atoms with Gasteiger partial charge < -0.3 is 10.1 Å². The normalized spacial score (nSPS) is 29.4. The smallest absolute Gasteiger partial charge is 0.110 e. The van der Waals surface area contributed by atoms with Crippen LogP contribution >= 0.6 is 24.8 Å². The maximum absolute atomic E-state index is 6.18. The first-order chi connectivity index (χ1) is 8.43. The van der Waals surface area contributed by atoms with E-state index in [0.717, 1.165) is 18.6 Å². The molecular weight excluding hydrogens is 283 g/mol. The molecule has 5 heteroatoms. The molecule has 2 heterocycles. The van der Waals surface area contributed by atoms with E-state index in [2.05, 4.69) is 10.2 Å². The number of rotatable bonds is 4. The maximum atomic E-state index is 6.18. The van der Waals surface area contributed by atoms with E-state index in [1.165, 1.54) is 64.6 Å². The Labute approximate surface area is 129 Å². The molecule has 3 nitrogen and oxygen atoms in total. The second-order valence-corrected chi connectivity index (χ2v) is 5.95. The minimum Gasteiger partial charge on any atom is -0.363 e. The van der Waals surface area contributed by atoms with E-state index in [1.807, 2.05) is 0 Å². The molecule has 1 aliphatic carbocycles. The van der Waals surface area contributed by atoms with E-state index < -0.39 is 0 Å². The lowest BCUT2D eigenvalue weighted by molar-refractivity contribution is -0.105. The molecule has 1 N–H and O–H groups in total. The fourth-order valence-corrected chi connectivity index (χ4v) is 3.19. The van der Waals surface area contributed by atoms with Gasteiger partial charge in [-0.15, -0.1) is 24.8 Å². The minimum atomic E-state index is 0. The summed E-state index contributed by atoms with van der Waals surface area (Å²) in [5.74, 6) is 0.895. The Bertz CT molecular complexity index is 246. The Morgan fingerprint density at radius 1 is 0.947 bits per heavy atom. The molecule has 1 atom stereocenters. The lowest BCUT2D eigenvalue weighted by Gasteiger charge is -2.42. The SMILES string of the molecule is C1CCN(C2CCNCC2)C(OCC2CC2)C1.Cl.Cl. The number of halogens is 2. The van der Waals surface area contributed by atoms with Gasteiger partial charge in [-0.05, 0) is 64.0 Å². The molecule has 3 fully saturated rings. The summed E-state index contributed by atoms with van der Waals surface area (Å²) in [5.41, 5.74) is 0. The highest BCUT2D eigenvalue weighted by Crippen LogP contribution is 2.31. The topological polar surface area (TPSA) is 24.5 Å². The molecule has 3 rings (SSSR count). The fraction of sp³-hybridized carbons (Fsp3) is 1.00. The average Bonchev–Trinajstić information content (AvgIpc) is 3.22. The van der Waals surface area contributed by atoms with Gasteiger partial charge in [0.25, 0.3) is 0 Å². The van der Waals surface area contributed by atoms with E-state index in [0.29, 0.717) is 6.23 Å². The van der Waals surface area contributed by atoms with Gasteiger partial charge >= 0.3 is 0 Å². The Hall–Kier alpha value is 0.460. The molecule has 19 heavy (non-hydrogen) atoms. The van der Waals surface area contributed by atoms with Crippen molar-refractivity contribution in [1.29, 1.82) is 0 Å². The third-order valence-electron chi connectivity index (χ3n) is 4.49. The van der Waals surface area contributed by atoms with Gasteiger partial charge in [-0.3, -0.25) is 4.90 Å². The van der Waals surface area contributed by atoms with Crippen molar-refractivity contribution >= 4 is 24.8 Å². The molecule has 0 radical (unpaired) electrons. The van der Waals surface area contributed by atoms with Crippen LogP contribution in [0.4, 0.5) is 0 Å². The van der Waals surface area contributed by atoms with Gasteiger partial charge in [0.15, 0.2) is 0 Å². The van der Waals surface area contributed by atoms with Crippen molar-refractivity contribution < 1.29 is 4.74 Å². The number of ether oxygens (including phenoxy) is 1. The number of hydrogen-bond donors (Lipinski definition) is 1. The summed E-state index contributed by atoms with van der Waals surface area (Å²) in [6.07, 6.45) is 9.85. The minimum absolute atomic E-state index is 0. The van der Waals surface area contributed by atoms with E-state index in [4.69, 9.17) is 4.74 Å². The van der Waals surface area contributed by atoms with Crippen LogP contribution in [0.25, 0.3) is 0 Å². The highest BCUT2D eigenvalue weighted by atomic mass is 35.5. The molecule has 1 unspecified atom stereocenters. The summed E-state index contributed by atoms with van der Waals surface area (Å²) >= 11 is 0. The van der Waals surface area contributed by atoms with Crippen LogP contribution in [0.3, 0.4) is 0 Å². The highest BCUT2D eigenvalue weighted by Gasteiger charge is 2.31. The highest BCUT2D eigenvalue weighted by molar-refractivity contribution is 5.85. The first kappa shape index (κ1) is 17.5. The fourth-order valence-electron chi connectivity index (χ4n) is 3.19. The summed E-state index contributed by atoms with van der Waals surface area (Å²) < 4.78 is 6.18. The van der Waals surface area contributed by atoms with Crippen molar-refractivity contribution in [3.63, 3.8) is 0 Å². The summed E-state index contributed by atoms with van der Waals surface area (Å²) in [6.45, 7) is 4.67.